The Bertz CT molecular complexity index is 910. The summed E-state index contributed by atoms with van der Waals surface area (Å²) >= 11 is 0. The summed E-state index contributed by atoms with van der Waals surface area (Å²) in [6, 6.07) is 9.17. The van der Waals surface area contributed by atoms with Gasteiger partial charge < -0.3 is 24.8 Å². The molecule has 182 valence electrons. The van der Waals surface area contributed by atoms with E-state index in [1.807, 2.05) is 24.6 Å². The molecule has 8 nitrogen and oxygen atoms in total. The quantitative estimate of drug-likeness (QED) is 0.314. The molecule has 1 atom stereocenters. The van der Waals surface area contributed by atoms with Crippen LogP contribution in [0.15, 0.2) is 29.3 Å². The molecule has 0 amide bonds. The van der Waals surface area contributed by atoms with Crippen LogP contribution in [0.4, 0.5) is 5.69 Å². The maximum atomic E-state index is 5.42. The maximum Gasteiger partial charge on any atom is 0.192 e. The minimum atomic E-state index is 0. The fraction of sp³-hybridized carbons (Fsp3) is 0.625. The lowest BCUT2D eigenvalue weighted by Crippen LogP contribution is -2.53. The van der Waals surface area contributed by atoms with E-state index in [1.54, 1.807) is 7.11 Å². The number of hydrogen-bond acceptors (Lipinski definition) is 5. The van der Waals surface area contributed by atoms with Crippen molar-refractivity contribution in [2.24, 2.45) is 12.0 Å². The zero-order chi connectivity index (χ0) is 22.3. The van der Waals surface area contributed by atoms with Crippen molar-refractivity contribution in [3.63, 3.8) is 0 Å². The smallest absolute Gasteiger partial charge is 0.192 e. The van der Waals surface area contributed by atoms with Gasteiger partial charge in [-0.15, -0.1) is 34.2 Å². The van der Waals surface area contributed by atoms with Gasteiger partial charge in [0.05, 0.1) is 7.11 Å². The Labute approximate surface area is 214 Å². The second kappa shape index (κ2) is 12.4. The minimum Gasteiger partial charge on any atom is -0.497 e. The van der Waals surface area contributed by atoms with Crippen molar-refractivity contribution in [3.05, 3.63) is 35.9 Å². The van der Waals surface area contributed by atoms with Crippen molar-refractivity contribution in [1.82, 2.24) is 25.4 Å². The number of aromatic nitrogens is 3. The first-order valence-electron chi connectivity index (χ1n) is 11.9. The molecular weight excluding hydrogens is 529 g/mol. The number of piperidine rings is 1. The first kappa shape index (κ1) is 25.6. The lowest BCUT2D eigenvalue weighted by Gasteiger charge is -2.36. The molecule has 1 aromatic carbocycles. The third-order valence-corrected chi connectivity index (χ3v) is 6.69. The predicted molar refractivity (Wildman–Crippen MR) is 144 cm³/mol. The van der Waals surface area contributed by atoms with Gasteiger partial charge in [0.25, 0.3) is 0 Å². The molecule has 1 unspecified atom stereocenters. The Morgan fingerprint density at radius 2 is 1.85 bits per heavy atom. The van der Waals surface area contributed by atoms with Crippen LogP contribution in [0.2, 0.25) is 0 Å². The van der Waals surface area contributed by atoms with Crippen LogP contribution in [0.25, 0.3) is 0 Å². The van der Waals surface area contributed by atoms with Crippen LogP contribution in [0.3, 0.4) is 0 Å². The molecule has 4 rings (SSSR count). The molecule has 2 aromatic rings. The molecule has 2 fully saturated rings. The summed E-state index contributed by atoms with van der Waals surface area (Å²) in [6.07, 6.45) is 8.63. The molecule has 1 saturated heterocycles. The lowest BCUT2D eigenvalue weighted by molar-refractivity contribution is 0.402. The molecule has 0 bridgehead atoms. The number of rotatable bonds is 6. The summed E-state index contributed by atoms with van der Waals surface area (Å²) in [5.74, 6) is 3.59. The van der Waals surface area contributed by atoms with Gasteiger partial charge in [0, 0.05) is 44.0 Å². The van der Waals surface area contributed by atoms with E-state index < -0.39 is 0 Å². The fourth-order valence-electron chi connectivity index (χ4n) is 4.64. The van der Waals surface area contributed by atoms with Crippen molar-refractivity contribution < 1.29 is 4.74 Å². The Balaban J connectivity index is 0.00000306. The molecule has 2 aliphatic rings. The van der Waals surface area contributed by atoms with Crippen LogP contribution < -0.4 is 20.3 Å². The van der Waals surface area contributed by atoms with Crippen molar-refractivity contribution in [3.8, 4) is 5.75 Å². The second-order valence-electron chi connectivity index (χ2n) is 9.00. The normalized spacial score (nSPS) is 19.7. The van der Waals surface area contributed by atoms with E-state index in [2.05, 4.69) is 43.9 Å². The number of nitrogens with one attached hydrogen (secondary N) is 2. The molecule has 2 N–H and O–H groups in total. The first-order chi connectivity index (χ1) is 15.6. The van der Waals surface area contributed by atoms with Crippen LogP contribution in [0, 0.1) is 6.92 Å². The van der Waals surface area contributed by atoms with Crippen LogP contribution >= 0.6 is 24.0 Å². The van der Waals surface area contributed by atoms with E-state index in [-0.39, 0.29) is 24.0 Å². The molecule has 33 heavy (non-hydrogen) atoms. The zero-order valence-corrected chi connectivity index (χ0v) is 22.4. The lowest BCUT2D eigenvalue weighted by atomic mass is 9.96. The van der Waals surface area contributed by atoms with Crippen molar-refractivity contribution in [1.29, 1.82) is 0 Å². The predicted octanol–water partition coefficient (Wildman–Crippen LogP) is 3.79. The highest BCUT2D eigenvalue weighted by atomic mass is 127. The standard InChI is InChI=1S/C24H37N7O.HI/c1-18-28-29-23(30(18)2)16-25-24(26-19-9-5-4-6-10-19)27-20-11-8-14-31(17-20)21-12-7-13-22(15-21)32-3;/h7,12-13,15,19-20H,4-6,8-11,14,16-17H2,1-3H3,(H2,25,26,27);1H. The number of hydrogen-bond donors (Lipinski definition) is 2. The van der Waals surface area contributed by atoms with E-state index >= 15 is 0 Å². The molecule has 0 spiro atoms. The molecular formula is C24H38IN7O. The van der Waals surface area contributed by atoms with Gasteiger partial charge >= 0.3 is 0 Å². The van der Waals surface area contributed by atoms with Gasteiger partial charge in [-0.2, -0.15) is 0 Å². The van der Waals surface area contributed by atoms with Gasteiger partial charge in [-0.1, -0.05) is 25.3 Å². The Hall–Kier alpha value is -2.04. The van der Waals surface area contributed by atoms with Crippen LogP contribution in [0.1, 0.15) is 56.6 Å². The largest absolute Gasteiger partial charge is 0.497 e. The SMILES string of the molecule is COc1cccc(N2CCCC(NC(=NCc3nnc(C)n3C)NC3CCCCC3)C2)c1.I. The molecule has 0 radical (unpaired) electrons. The van der Waals surface area contributed by atoms with Gasteiger partial charge in [-0.25, -0.2) is 4.99 Å². The van der Waals surface area contributed by atoms with E-state index in [0.717, 1.165) is 49.3 Å². The zero-order valence-electron chi connectivity index (χ0n) is 20.1. The number of aryl methyl sites for hydroxylation is 1. The second-order valence-corrected chi connectivity index (χ2v) is 9.00. The highest BCUT2D eigenvalue weighted by Crippen LogP contribution is 2.24. The number of anilines is 1. The van der Waals surface area contributed by atoms with Gasteiger partial charge in [0.2, 0.25) is 0 Å². The Kier molecular flexibility index (Phi) is 9.64. The first-order valence-corrected chi connectivity index (χ1v) is 11.9. The number of methoxy groups -OCH3 is 1. The summed E-state index contributed by atoms with van der Waals surface area (Å²) in [4.78, 5) is 7.35. The minimum absolute atomic E-state index is 0. The number of guanidine groups is 1. The number of benzene rings is 1. The van der Waals surface area contributed by atoms with Crippen molar-refractivity contribution >= 4 is 35.6 Å². The average Bonchev–Trinajstić information content (AvgIpc) is 3.15. The number of nitrogens with zero attached hydrogens (tertiary/aromatic N) is 5. The average molecular weight is 568 g/mol. The highest BCUT2D eigenvalue weighted by Gasteiger charge is 2.23. The molecule has 1 aliphatic carbocycles. The molecule has 9 heteroatoms. The van der Waals surface area contributed by atoms with Crippen LogP contribution in [-0.2, 0) is 13.6 Å². The van der Waals surface area contributed by atoms with Gasteiger partial charge in [-0.3, -0.25) is 0 Å². The topological polar surface area (TPSA) is 79.6 Å². The van der Waals surface area contributed by atoms with Gasteiger partial charge in [0.1, 0.15) is 18.1 Å². The summed E-state index contributed by atoms with van der Waals surface area (Å²) in [5.41, 5.74) is 1.21. The van der Waals surface area contributed by atoms with Crippen LogP contribution in [-0.4, -0.2) is 53.0 Å². The molecule has 1 saturated carbocycles. The van der Waals surface area contributed by atoms with Crippen molar-refractivity contribution in [2.75, 3.05) is 25.1 Å². The van der Waals surface area contributed by atoms with E-state index in [9.17, 15) is 0 Å². The summed E-state index contributed by atoms with van der Waals surface area (Å²) in [5, 5.41) is 15.9. The number of aliphatic imine (C=N–C) groups is 1. The number of ether oxygens (including phenoxy) is 1. The summed E-state index contributed by atoms with van der Waals surface area (Å²) in [7, 11) is 3.72. The van der Waals surface area contributed by atoms with E-state index in [4.69, 9.17) is 9.73 Å². The Morgan fingerprint density at radius 1 is 1.09 bits per heavy atom. The Morgan fingerprint density at radius 3 is 2.58 bits per heavy atom. The fourth-order valence-corrected chi connectivity index (χ4v) is 4.64. The summed E-state index contributed by atoms with van der Waals surface area (Å²) < 4.78 is 7.43. The molecule has 1 aromatic heterocycles. The third kappa shape index (κ3) is 6.97. The highest BCUT2D eigenvalue weighted by molar-refractivity contribution is 14.0. The van der Waals surface area contributed by atoms with Gasteiger partial charge in [-0.05, 0) is 44.7 Å². The molecule has 2 heterocycles. The van der Waals surface area contributed by atoms with Crippen molar-refractivity contribution in [2.45, 2.75) is 70.5 Å². The number of halogens is 1. The van der Waals surface area contributed by atoms with E-state index in [0.29, 0.717) is 18.6 Å². The maximum absolute atomic E-state index is 5.42. The monoisotopic (exact) mass is 567 g/mol. The molecule has 1 aliphatic heterocycles. The van der Waals surface area contributed by atoms with Gasteiger partial charge in [0.15, 0.2) is 11.8 Å². The summed E-state index contributed by atoms with van der Waals surface area (Å²) in [6.45, 7) is 4.49. The third-order valence-electron chi connectivity index (χ3n) is 6.69. The van der Waals surface area contributed by atoms with Crippen LogP contribution in [0.5, 0.6) is 5.75 Å². The van der Waals surface area contributed by atoms with E-state index in [1.165, 1.54) is 37.8 Å².